The lowest BCUT2D eigenvalue weighted by atomic mass is 9.76. The van der Waals surface area contributed by atoms with Crippen LogP contribution in [0.15, 0.2) is 48.6 Å². The number of esters is 1. The Labute approximate surface area is 164 Å². The van der Waals surface area contributed by atoms with Gasteiger partial charge in [0.15, 0.2) is 6.61 Å². The number of carbonyl (C=O) groups excluding carboxylic acids is 1. The number of hydrogen-bond donors (Lipinski definition) is 1. The lowest BCUT2D eigenvalue weighted by molar-refractivity contribution is 0.0600. The van der Waals surface area contributed by atoms with Gasteiger partial charge in [0.25, 0.3) is 0 Å². The molecule has 0 bridgehead atoms. The van der Waals surface area contributed by atoms with Crippen molar-refractivity contribution in [3.05, 3.63) is 70.8 Å². The number of nitrogens with one attached hydrogen (secondary N) is 1. The van der Waals surface area contributed by atoms with Gasteiger partial charge in [0.05, 0.1) is 18.7 Å². The van der Waals surface area contributed by atoms with E-state index in [9.17, 15) is 4.79 Å². The summed E-state index contributed by atoms with van der Waals surface area (Å²) in [5, 5.41) is 12.4. The van der Waals surface area contributed by atoms with Crippen LogP contribution in [0.3, 0.4) is 0 Å². The third-order valence-corrected chi connectivity index (χ3v) is 5.75. The molecule has 0 saturated carbocycles. The Balaban J connectivity index is 1.71. The van der Waals surface area contributed by atoms with Crippen LogP contribution in [0.2, 0.25) is 0 Å². The highest BCUT2D eigenvalue weighted by atomic mass is 16.5. The van der Waals surface area contributed by atoms with Crippen molar-refractivity contribution in [2.24, 2.45) is 5.92 Å². The Morgan fingerprint density at radius 3 is 2.75 bits per heavy atom. The fraction of sp³-hybridized carbons (Fsp3) is 0.304. The van der Waals surface area contributed by atoms with Gasteiger partial charge >= 0.3 is 5.97 Å². The maximum Gasteiger partial charge on any atom is 0.338 e. The lowest BCUT2D eigenvalue weighted by Crippen LogP contribution is -2.30. The number of carbonyl (C=O) groups is 1. The zero-order chi connectivity index (χ0) is 19.7. The number of allylic oxidation sites excluding steroid dienone is 2. The van der Waals surface area contributed by atoms with Gasteiger partial charge in [0, 0.05) is 11.6 Å². The van der Waals surface area contributed by atoms with Crippen LogP contribution in [0.5, 0.6) is 5.75 Å². The highest BCUT2D eigenvalue weighted by molar-refractivity contribution is 5.93. The van der Waals surface area contributed by atoms with Crippen LogP contribution in [0, 0.1) is 24.2 Å². The molecule has 0 spiro atoms. The summed E-state index contributed by atoms with van der Waals surface area (Å²) in [5.74, 6) is 1.11. The Bertz CT molecular complexity index is 973. The fourth-order valence-corrected chi connectivity index (χ4v) is 4.36. The van der Waals surface area contributed by atoms with E-state index in [0.717, 1.165) is 23.2 Å². The SMILES string of the molecule is COC(=O)c1ccc2c(c1C)N[C@H](c1ccc(OCC#N)cc1)[C@H]1CC=C[C@@H]21. The molecule has 5 heteroatoms. The van der Waals surface area contributed by atoms with Gasteiger partial charge in [-0.1, -0.05) is 30.4 Å². The lowest BCUT2D eigenvalue weighted by Gasteiger charge is -2.38. The molecule has 0 fully saturated rings. The zero-order valence-corrected chi connectivity index (χ0v) is 15.9. The highest BCUT2D eigenvalue weighted by Crippen LogP contribution is 2.51. The van der Waals surface area contributed by atoms with E-state index in [4.69, 9.17) is 14.7 Å². The summed E-state index contributed by atoms with van der Waals surface area (Å²) >= 11 is 0. The van der Waals surface area contributed by atoms with Crippen LogP contribution in [0.1, 0.15) is 45.4 Å². The molecular formula is C23H22N2O3. The molecule has 1 N–H and O–H groups in total. The van der Waals surface area contributed by atoms with Gasteiger partial charge in [-0.15, -0.1) is 0 Å². The van der Waals surface area contributed by atoms with Crippen molar-refractivity contribution in [3.63, 3.8) is 0 Å². The van der Waals surface area contributed by atoms with E-state index < -0.39 is 0 Å². The maximum absolute atomic E-state index is 12.1. The van der Waals surface area contributed by atoms with Crippen LogP contribution >= 0.6 is 0 Å². The second-order valence-electron chi connectivity index (χ2n) is 7.19. The predicted molar refractivity (Wildman–Crippen MR) is 106 cm³/mol. The number of anilines is 1. The monoisotopic (exact) mass is 374 g/mol. The van der Waals surface area contributed by atoms with Gasteiger partial charge in [-0.25, -0.2) is 4.79 Å². The van der Waals surface area contributed by atoms with Crippen LogP contribution in [-0.4, -0.2) is 19.7 Å². The average molecular weight is 374 g/mol. The third kappa shape index (κ3) is 3.01. The second-order valence-corrected chi connectivity index (χ2v) is 7.19. The van der Waals surface area contributed by atoms with E-state index in [1.807, 2.05) is 49.4 Å². The minimum atomic E-state index is -0.318. The molecule has 1 heterocycles. The molecule has 1 aliphatic heterocycles. The van der Waals surface area contributed by atoms with Crippen molar-refractivity contribution < 1.29 is 14.3 Å². The zero-order valence-electron chi connectivity index (χ0n) is 15.9. The van der Waals surface area contributed by atoms with Crippen molar-refractivity contribution in [3.8, 4) is 11.8 Å². The predicted octanol–water partition coefficient (Wildman–Crippen LogP) is 4.51. The summed E-state index contributed by atoms with van der Waals surface area (Å²) < 4.78 is 10.3. The number of benzene rings is 2. The first-order chi connectivity index (χ1) is 13.6. The van der Waals surface area contributed by atoms with E-state index in [2.05, 4.69) is 17.5 Å². The van der Waals surface area contributed by atoms with E-state index >= 15 is 0 Å². The van der Waals surface area contributed by atoms with Crippen molar-refractivity contribution in [2.75, 3.05) is 19.0 Å². The van der Waals surface area contributed by atoms with Gasteiger partial charge in [0.2, 0.25) is 0 Å². The largest absolute Gasteiger partial charge is 0.479 e. The molecule has 2 aliphatic rings. The first-order valence-electron chi connectivity index (χ1n) is 9.38. The summed E-state index contributed by atoms with van der Waals surface area (Å²) in [4.78, 5) is 12.1. The van der Waals surface area contributed by atoms with Crippen LogP contribution in [0.4, 0.5) is 5.69 Å². The van der Waals surface area contributed by atoms with Crippen molar-refractivity contribution >= 4 is 11.7 Å². The van der Waals surface area contributed by atoms with Gasteiger partial charge in [0.1, 0.15) is 11.8 Å². The summed E-state index contributed by atoms with van der Waals surface area (Å²) in [6, 6.07) is 13.9. The smallest absolute Gasteiger partial charge is 0.338 e. The van der Waals surface area contributed by atoms with E-state index in [0.29, 0.717) is 23.1 Å². The summed E-state index contributed by atoms with van der Waals surface area (Å²) in [7, 11) is 1.41. The normalized spacial score (nSPS) is 21.8. The molecule has 0 aromatic heterocycles. The second kappa shape index (κ2) is 7.40. The number of nitriles is 1. The number of methoxy groups -OCH3 is 1. The van der Waals surface area contributed by atoms with Gasteiger partial charge in [-0.05, 0) is 54.2 Å². The van der Waals surface area contributed by atoms with Gasteiger partial charge in [-0.3, -0.25) is 0 Å². The first kappa shape index (κ1) is 18.1. The van der Waals surface area contributed by atoms with Gasteiger partial charge < -0.3 is 14.8 Å². The Morgan fingerprint density at radius 2 is 2.04 bits per heavy atom. The number of nitrogens with zero attached hydrogens (tertiary/aromatic N) is 1. The molecule has 4 rings (SSSR count). The molecule has 0 amide bonds. The number of hydrogen-bond acceptors (Lipinski definition) is 5. The molecule has 2 aromatic carbocycles. The summed E-state index contributed by atoms with van der Waals surface area (Å²) in [6.07, 6.45) is 5.53. The molecular weight excluding hydrogens is 352 g/mol. The van der Waals surface area contributed by atoms with Crippen molar-refractivity contribution in [1.82, 2.24) is 0 Å². The molecule has 0 radical (unpaired) electrons. The van der Waals surface area contributed by atoms with Crippen LogP contribution < -0.4 is 10.1 Å². The van der Waals surface area contributed by atoms with Crippen molar-refractivity contribution in [2.45, 2.75) is 25.3 Å². The van der Waals surface area contributed by atoms with E-state index in [1.54, 1.807) is 0 Å². The Hall–Kier alpha value is -3.26. The molecule has 2 aromatic rings. The standard InChI is InChI=1S/C23H22N2O3/c1-14-17(23(26)27-2)10-11-20-18-4-3-5-19(18)22(25-21(14)20)15-6-8-16(9-7-15)28-13-12-24/h3-4,6-11,18-19,22,25H,5,13H2,1-2H3/t18-,19+,22-/m1/s1. The molecule has 3 atom stereocenters. The summed E-state index contributed by atoms with van der Waals surface area (Å²) in [5.41, 5.74) is 4.92. The number of rotatable bonds is 4. The topological polar surface area (TPSA) is 71.3 Å². The average Bonchev–Trinajstić information content (AvgIpc) is 3.22. The van der Waals surface area contributed by atoms with Crippen molar-refractivity contribution in [1.29, 1.82) is 5.26 Å². The molecule has 28 heavy (non-hydrogen) atoms. The fourth-order valence-electron chi connectivity index (χ4n) is 4.36. The number of fused-ring (bicyclic) bond motifs is 3. The van der Waals surface area contributed by atoms with Gasteiger partial charge in [-0.2, -0.15) is 5.26 Å². The highest BCUT2D eigenvalue weighted by Gasteiger charge is 2.39. The van der Waals surface area contributed by atoms with E-state index in [-0.39, 0.29) is 18.6 Å². The quantitative estimate of drug-likeness (QED) is 0.630. The molecule has 0 unspecified atom stereocenters. The van der Waals surface area contributed by atoms with E-state index in [1.165, 1.54) is 12.7 Å². The third-order valence-electron chi connectivity index (χ3n) is 5.75. The Morgan fingerprint density at radius 1 is 1.25 bits per heavy atom. The minimum Gasteiger partial charge on any atom is -0.479 e. The summed E-state index contributed by atoms with van der Waals surface area (Å²) in [6.45, 7) is 2.01. The Kier molecular flexibility index (Phi) is 4.79. The molecule has 142 valence electrons. The molecule has 0 saturated heterocycles. The van der Waals surface area contributed by atoms with Crippen LogP contribution in [0.25, 0.3) is 0 Å². The maximum atomic E-state index is 12.1. The van der Waals surface area contributed by atoms with Crippen LogP contribution in [-0.2, 0) is 4.74 Å². The molecule has 5 nitrogen and oxygen atoms in total. The molecule has 1 aliphatic carbocycles. The minimum absolute atomic E-state index is 0.0402. The number of ether oxygens (including phenoxy) is 2. The first-order valence-corrected chi connectivity index (χ1v) is 9.38.